The highest BCUT2D eigenvalue weighted by molar-refractivity contribution is 7.98. The van der Waals surface area contributed by atoms with Gasteiger partial charge in [0.2, 0.25) is 0 Å². The number of carbonyl (C=O) groups excluding carboxylic acids is 1. The van der Waals surface area contributed by atoms with Crippen LogP contribution >= 0.6 is 11.8 Å². The number of nitrogens with zero attached hydrogens (tertiary/aromatic N) is 1. The number of nitrogens with one attached hydrogen (secondary N) is 2. The van der Waals surface area contributed by atoms with Crippen LogP contribution in [-0.2, 0) is 0 Å². The van der Waals surface area contributed by atoms with Crippen molar-refractivity contribution in [3.8, 4) is 16.9 Å². The molecule has 4 rings (SSSR count). The van der Waals surface area contributed by atoms with E-state index < -0.39 is 0 Å². The summed E-state index contributed by atoms with van der Waals surface area (Å²) in [4.78, 5) is 18.4. The van der Waals surface area contributed by atoms with Gasteiger partial charge in [0.15, 0.2) is 0 Å². The van der Waals surface area contributed by atoms with E-state index in [-0.39, 0.29) is 5.91 Å². The Morgan fingerprint density at radius 3 is 2.50 bits per heavy atom. The number of pyridine rings is 1. The summed E-state index contributed by atoms with van der Waals surface area (Å²) in [5, 5.41) is 6.22. The smallest absolute Gasteiger partial charge is 0.255 e. The largest absolute Gasteiger partial charge is 0.497 e. The van der Waals surface area contributed by atoms with Crippen LogP contribution in [0.2, 0.25) is 0 Å². The number of carbonyl (C=O) groups is 1. The van der Waals surface area contributed by atoms with Gasteiger partial charge in [-0.25, -0.2) is 4.98 Å². The molecule has 0 radical (unpaired) electrons. The monoisotopic (exact) mass is 441 g/mol. The van der Waals surface area contributed by atoms with Crippen LogP contribution in [0.5, 0.6) is 5.75 Å². The first-order chi connectivity index (χ1) is 15.7. The van der Waals surface area contributed by atoms with E-state index in [1.165, 1.54) is 10.5 Å². The molecule has 6 heteroatoms. The van der Waals surface area contributed by atoms with Gasteiger partial charge in [0.05, 0.1) is 7.11 Å². The summed E-state index contributed by atoms with van der Waals surface area (Å²) in [5.74, 6) is 1.17. The van der Waals surface area contributed by atoms with Gasteiger partial charge >= 0.3 is 0 Å². The van der Waals surface area contributed by atoms with E-state index in [1.54, 1.807) is 43.1 Å². The maximum absolute atomic E-state index is 12.6. The van der Waals surface area contributed by atoms with E-state index in [2.05, 4.69) is 40.1 Å². The fourth-order valence-electron chi connectivity index (χ4n) is 3.30. The Morgan fingerprint density at radius 2 is 1.72 bits per heavy atom. The van der Waals surface area contributed by atoms with Crippen molar-refractivity contribution in [3.63, 3.8) is 0 Å². The molecule has 0 atom stereocenters. The Morgan fingerprint density at radius 1 is 0.906 bits per heavy atom. The minimum absolute atomic E-state index is 0.198. The Labute approximate surface area is 191 Å². The molecule has 32 heavy (non-hydrogen) atoms. The molecule has 0 saturated carbocycles. The highest BCUT2D eigenvalue weighted by Gasteiger charge is 2.08. The molecule has 5 nitrogen and oxygen atoms in total. The molecule has 0 unspecified atom stereocenters. The molecule has 0 bridgehead atoms. The quantitative estimate of drug-likeness (QED) is 0.322. The topological polar surface area (TPSA) is 63.2 Å². The lowest BCUT2D eigenvalue weighted by molar-refractivity contribution is 0.102. The van der Waals surface area contributed by atoms with Gasteiger partial charge in [-0.15, -0.1) is 11.8 Å². The fourth-order valence-corrected chi connectivity index (χ4v) is 3.92. The molecule has 0 spiro atoms. The van der Waals surface area contributed by atoms with Gasteiger partial charge < -0.3 is 15.4 Å². The molecule has 4 aromatic rings. The molecule has 0 saturated heterocycles. The first kappa shape index (κ1) is 21.5. The molecule has 3 aromatic carbocycles. The second-order valence-electron chi connectivity index (χ2n) is 7.02. The van der Waals surface area contributed by atoms with Crippen LogP contribution in [0.4, 0.5) is 17.2 Å². The molecular weight excluding hydrogens is 418 g/mol. The Balaban J connectivity index is 1.46. The molecule has 2 N–H and O–H groups in total. The number of hydrogen-bond donors (Lipinski definition) is 2. The van der Waals surface area contributed by atoms with Crippen LogP contribution in [0.3, 0.4) is 0 Å². The predicted molar refractivity (Wildman–Crippen MR) is 132 cm³/mol. The van der Waals surface area contributed by atoms with Gasteiger partial charge in [-0.05, 0) is 66.4 Å². The van der Waals surface area contributed by atoms with Crippen LogP contribution in [-0.4, -0.2) is 24.3 Å². The van der Waals surface area contributed by atoms with E-state index in [4.69, 9.17) is 4.74 Å². The molecule has 1 amide bonds. The van der Waals surface area contributed by atoms with Crippen LogP contribution in [0.25, 0.3) is 11.1 Å². The van der Waals surface area contributed by atoms with E-state index in [9.17, 15) is 4.79 Å². The van der Waals surface area contributed by atoms with Gasteiger partial charge in [0.1, 0.15) is 11.6 Å². The first-order valence-corrected chi connectivity index (χ1v) is 11.3. The zero-order chi connectivity index (χ0) is 22.3. The third-order valence-corrected chi connectivity index (χ3v) is 5.70. The maximum atomic E-state index is 12.6. The number of anilines is 3. The highest BCUT2D eigenvalue weighted by atomic mass is 32.2. The minimum Gasteiger partial charge on any atom is -0.497 e. The van der Waals surface area contributed by atoms with E-state index in [0.29, 0.717) is 17.0 Å². The third kappa shape index (κ3) is 5.10. The van der Waals surface area contributed by atoms with Gasteiger partial charge in [-0.3, -0.25) is 4.79 Å². The number of amides is 1. The average molecular weight is 442 g/mol. The molecular formula is C26H23N3O2S. The summed E-state index contributed by atoms with van der Waals surface area (Å²) in [5.41, 5.74) is 4.29. The SMILES string of the molecule is COc1cccc(C(=O)Nc2cccc(Nc3ccc(-c4ccccc4SC)cn3)c2)c1. The van der Waals surface area contributed by atoms with Gasteiger partial charge in [-0.2, -0.15) is 0 Å². The van der Waals surface area contributed by atoms with Crippen LogP contribution in [0.1, 0.15) is 10.4 Å². The summed E-state index contributed by atoms with van der Waals surface area (Å²) in [6, 6.07) is 26.9. The molecule has 160 valence electrons. The Bertz CT molecular complexity index is 1230. The first-order valence-electron chi connectivity index (χ1n) is 10.1. The lowest BCUT2D eigenvalue weighted by Crippen LogP contribution is -2.12. The van der Waals surface area contributed by atoms with Crippen molar-refractivity contribution in [2.75, 3.05) is 24.0 Å². The molecule has 0 fully saturated rings. The standard InChI is InChI=1S/C26H23N3O2S/c1-31-22-10-5-7-18(15-22)26(30)29-21-9-6-8-20(16-21)28-25-14-13-19(17-27-25)23-11-3-4-12-24(23)32-2/h3-17H,1-2H3,(H,27,28)(H,29,30). The number of ether oxygens (including phenoxy) is 1. The number of hydrogen-bond acceptors (Lipinski definition) is 5. The summed E-state index contributed by atoms with van der Waals surface area (Å²) >= 11 is 1.72. The van der Waals surface area contributed by atoms with Crippen molar-refractivity contribution in [1.82, 2.24) is 4.98 Å². The van der Waals surface area contributed by atoms with Gasteiger partial charge in [-0.1, -0.05) is 30.3 Å². The lowest BCUT2D eigenvalue weighted by Gasteiger charge is -2.11. The van der Waals surface area contributed by atoms with E-state index >= 15 is 0 Å². The lowest BCUT2D eigenvalue weighted by atomic mass is 10.1. The molecule has 0 aliphatic heterocycles. The molecule has 0 aliphatic carbocycles. The number of aromatic nitrogens is 1. The predicted octanol–water partition coefficient (Wildman–Crippen LogP) is 6.48. The van der Waals surface area contributed by atoms with Crippen molar-refractivity contribution >= 4 is 34.9 Å². The van der Waals surface area contributed by atoms with Crippen molar-refractivity contribution in [2.24, 2.45) is 0 Å². The second-order valence-corrected chi connectivity index (χ2v) is 7.87. The zero-order valence-electron chi connectivity index (χ0n) is 17.8. The van der Waals surface area contributed by atoms with E-state index in [0.717, 1.165) is 17.1 Å². The number of benzene rings is 3. The van der Waals surface area contributed by atoms with Crippen LogP contribution in [0, 0.1) is 0 Å². The number of methoxy groups -OCH3 is 1. The zero-order valence-corrected chi connectivity index (χ0v) is 18.6. The highest BCUT2D eigenvalue weighted by Crippen LogP contribution is 2.30. The van der Waals surface area contributed by atoms with Crippen LogP contribution in [0.15, 0.2) is 96.0 Å². The van der Waals surface area contributed by atoms with Crippen molar-refractivity contribution in [1.29, 1.82) is 0 Å². The summed E-state index contributed by atoms with van der Waals surface area (Å²) in [7, 11) is 1.58. The maximum Gasteiger partial charge on any atom is 0.255 e. The Kier molecular flexibility index (Phi) is 6.72. The van der Waals surface area contributed by atoms with Crippen molar-refractivity contribution < 1.29 is 9.53 Å². The number of rotatable bonds is 7. The number of thioether (sulfide) groups is 1. The van der Waals surface area contributed by atoms with Gasteiger partial charge in [0, 0.05) is 33.6 Å². The summed E-state index contributed by atoms with van der Waals surface area (Å²) in [6.07, 6.45) is 3.94. The molecule has 1 heterocycles. The minimum atomic E-state index is -0.198. The molecule has 0 aliphatic rings. The van der Waals surface area contributed by atoms with Crippen molar-refractivity contribution in [3.05, 3.63) is 96.7 Å². The van der Waals surface area contributed by atoms with Crippen molar-refractivity contribution in [2.45, 2.75) is 4.90 Å². The normalized spacial score (nSPS) is 10.4. The van der Waals surface area contributed by atoms with E-state index in [1.807, 2.05) is 48.7 Å². The fraction of sp³-hybridized carbons (Fsp3) is 0.0769. The summed E-state index contributed by atoms with van der Waals surface area (Å²) < 4.78 is 5.19. The average Bonchev–Trinajstić information content (AvgIpc) is 2.85. The van der Waals surface area contributed by atoms with Gasteiger partial charge in [0.25, 0.3) is 5.91 Å². The molecule has 1 aromatic heterocycles. The summed E-state index contributed by atoms with van der Waals surface area (Å²) in [6.45, 7) is 0. The van der Waals surface area contributed by atoms with Crippen LogP contribution < -0.4 is 15.4 Å². The Hall–Kier alpha value is -3.77. The third-order valence-electron chi connectivity index (χ3n) is 4.91. The second kappa shape index (κ2) is 10.0.